The highest BCUT2D eigenvalue weighted by atomic mass is 14.6. The van der Waals surface area contributed by atoms with Gasteiger partial charge in [-0.15, -0.1) is 12.3 Å². The van der Waals surface area contributed by atoms with Crippen LogP contribution in [0, 0.1) is 35.5 Å². The number of hydrogen-bond acceptors (Lipinski definition) is 1. The Morgan fingerprint density at radius 1 is 1.27 bits per heavy atom. The maximum atomic E-state index is 5.81. The molecule has 3 unspecified atom stereocenters. The van der Waals surface area contributed by atoms with Crippen LogP contribution in [0.15, 0.2) is 0 Å². The molecule has 0 spiro atoms. The van der Waals surface area contributed by atoms with E-state index in [0.717, 1.165) is 18.9 Å². The molecular formula is C14H25N. The number of terminal acetylenes is 1. The van der Waals surface area contributed by atoms with Crippen LogP contribution >= 0.6 is 0 Å². The molecule has 0 aromatic heterocycles. The number of hydrogen-bond donors (Lipinski definition) is 1. The van der Waals surface area contributed by atoms with Gasteiger partial charge in [-0.05, 0) is 49.0 Å². The van der Waals surface area contributed by atoms with Crippen LogP contribution in [0.4, 0.5) is 0 Å². The van der Waals surface area contributed by atoms with E-state index < -0.39 is 0 Å². The molecule has 1 saturated carbocycles. The first-order chi connectivity index (χ1) is 6.99. The summed E-state index contributed by atoms with van der Waals surface area (Å²) in [5.41, 5.74) is 6.23. The molecule has 1 aliphatic carbocycles. The fourth-order valence-corrected chi connectivity index (χ4v) is 2.82. The predicted octanol–water partition coefficient (Wildman–Crippen LogP) is 3.05. The van der Waals surface area contributed by atoms with Gasteiger partial charge < -0.3 is 5.73 Å². The van der Waals surface area contributed by atoms with Gasteiger partial charge in [0.1, 0.15) is 0 Å². The topological polar surface area (TPSA) is 26.0 Å². The van der Waals surface area contributed by atoms with Crippen molar-refractivity contribution in [3.63, 3.8) is 0 Å². The van der Waals surface area contributed by atoms with Gasteiger partial charge in [0.15, 0.2) is 0 Å². The van der Waals surface area contributed by atoms with Crippen molar-refractivity contribution in [2.45, 2.75) is 46.5 Å². The van der Waals surface area contributed by atoms with Crippen LogP contribution in [0.1, 0.15) is 46.5 Å². The molecule has 15 heavy (non-hydrogen) atoms. The molecule has 1 heteroatoms. The summed E-state index contributed by atoms with van der Waals surface area (Å²) in [5.74, 6) is 4.97. The Hall–Kier alpha value is -0.480. The minimum Gasteiger partial charge on any atom is -0.330 e. The summed E-state index contributed by atoms with van der Waals surface area (Å²) in [5, 5.41) is 0. The number of nitrogens with two attached hydrogens (primary N) is 1. The summed E-state index contributed by atoms with van der Waals surface area (Å²) in [4.78, 5) is 0. The molecule has 0 aromatic carbocycles. The third kappa shape index (κ3) is 3.24. The lowest BCUT2D eigenvalue weighted by Crippen LogP contribution is -2.34. The standard InChI is InChI=1S/C14H25N/c1-5-6-11-9-13(14(2,3)4)8-7-12(11)10-15/h1,11-13H,6-10,15H2,2-4H3. The zero-order valence-electron chi connectivity index (χ0n) is 10.4. The van der Waals surface area contributed by atoms with Gasteiger partial charge in [-0.25, -0.2) is 0 Å². The predicted molar refractivity (Wildman–Crippen MR) is 66.3 cm³/mol. The molecule has 0 heterocycles. The first-order valence-corrected chi connectivity index (χ1v) is 6.12. The summed E-state index contributed by atoms with van der Waals surface area (Å²) < 4.78 is 0. The molecule has 0 amide bonds. The molecule has 1 nitrogen and oxygen atoms in total. The maximum Gasteiger partial charge on any atom is 0.0118 e. The molecule has 1 aliphatic rings. The molecule has 0 saturated heterocycles. The second-order valence-corrected chi connectivity index (χ2v) is 6.04. The zero-order chi connectivity index (χ0) is 11.5. The van der Waals surface area contributed by atoms with E-state index in [1.165, 1.54) is 19.3 Å². The first kappa shape index (κ1) is 12.6. The van der Waals surface area contributed by atoms with Crippen LogP contribution in [0.3, 0.4) is 0 Å². The monoisotopic (exact) mass is 207 g/mol. The molecule has 0 aliphatic heterocycles. The molecule has 1 rings (SSSR count). The van der Waals surface area contributed by atoms with E-state index in [9.17, 15) is 0 Å². The quantitative estimate of drug-likeness (QED) is 0.692. The van der Waals surface area contributed by atoms with E-state index in [4.69, 9.17) is 12.2 Å². The van der Waals surface area contributed by atoms with Crippen LogP contribution in [-0.2, 0) is 0 Å². The summed E-state index contributed by atoms with van der Waals surface area (Å²) in [6.45, 7) is 7.83. The van der Waals surface area contributed by atoms with Gasteiger partial charge in [0.25, 0.3) is 0 Å². The van der Waals surface area contributed by atoms with Crippen LogP contribution in [0.5, 0.6) is 0 Å². The summed E-state index contributed by atoms with van der Waals surface area (Å²) in [6, 6.07) is 0. The van der Waals surface area contributed by atoms with Gasteiger partial charge in [-0.3, -0.25) is 0 Å². The van der Waals surface area contributed by atoms with Gasteiger partial charge in [0.2, 0.25) is 0 Å². The van der Waals surface area contributed by atoms with Crippen LogP contribution in [-0.4, -0.2) is 6.54 Å². The Labute approximate surface area is 94.8 Å². The first-order valence-electron chi connectivity index (χ1n) is 6.12. The minimum atomic E-state index is 0.423. The van der Waals surface area contributed by atoms with Crippen molar-refractivity contribution in [1.29, 1.82) is 0 Å². The van der Waals surface area contributed by atoms with E-state index >= 15 is 0 Å². The van der Waals surface area contributed by atoms with E-state index in [1.54, 1.807) is 0 Å². The molecule has 3 atom stereocenters. The fraction of sp³-hybridized carbons (Fsp3) is 0.857. The number of rotatable bonds is 2. The Balaban J connectivity index is 2.62. The van der Waals surface area contributed by atoms with Crippen molar-refractivity contribution in [2.24, 2.45) is 28.9 Å². The van der Waals surface area contributed by atoms with Crippen LogP contribution in [0.2, 0.25) is 0 Å². The fourth-order valence-electron chi connectivity index (χ4n) is 2.82. The highest BCUT2D eigenvalue weighted by Crippen LogP contribution is 2.43. The molecule has 1 fully saturated rings. The zero-order valence-corrected chi connectivity index (χ0v) is 10.4. The SMILES string of the molecule is C#CCC1CC(C(C)(C)C)CCC1CN. The van der Waals surface area contributed by atoms with Gasteiger partial charge in [-0.1, -0.05) is 20.8 Å². The summed E-state index contributed by atoms with van der Waals surface area (Å²) in [6.07, 6.45) is 10.2. The molecule has 86 valence electrons. The second-order valence-electron chi connectivity index (χ2n) is 6.04. The average Bonchev–Trinajstić information content (AvgIpc) is 2.17. The van der Waals surface area contributed by atoms with Crippen molar-refractivity contribution >= 4 is 0 Å². The van der Waals surface area contributed by atoms with Crippen molar-refractivity contribution in [3.05, 3.63) is 0 Å². The summed E-state index contributed by atoms with van der Waals surface area (Å²) in [7, 11) is 0. The van der Waals surface area contributed by atoms with Gasteiger partial charge in [0.05, 0.1) is 0 Å². The Morgan fingerprint density at radius 2 is 1.93 bits per heavy atom. The van der Waals surface area contributed by atoms with Crippen molar-refractivity contribution < 1.29 is 0 Å². The molecular weight excluding hydrogens is 182 g/mol. The van der Waals surface area contributed by atoms with Crippen molar-refractivity contribution in [1.82, 2.24) is 0 Å². The van der Waals surface area contributed by atoms with E-state index in [1.807, 2.05) is 0 Å². The normalized spacial score (nSPS) is 32.3. The van der Waals surface area contributed by atoms with E-state index in [-0.39, 0.29) is 0 Å². The third-order valence-electron chi connectivity index (χ3n) is 4.05. The van der Waals surface area contributed by atoms with Crippen molar-refractivity contribution in [3.8, 4) is 12.3 Å². The van der Waals surface area contributed by atoms with Crippen molar-refractivity contribution in [2.75, 3.05) is 6.54 Å². The minimum absolute atomic E-state index is 0.423. The molecule has 2 N–H and O–H groups in total. The van der Waals surface area contributed by atoms with Crippen LogP contribution < -0.4 is 5.73 Å². The largest absolute Gasteiger partial charge is 0.330 e. The lowest BCUT2D eigenvalue weighted by Gasteiger charge is -2.41. The molecule has 0 aromatic rings. The molecule has 0 bridgehead atoms. The van der Waals surface area contributed by atoms with Gasteiger partial charge >= 0.3 is 0 Å². The molecule has 0 radical (unpaired) electrons. The van der Waals surface area contributed by atoms with Gasteiger partial charge in [0, 0.05) is 6.42 Å². The highest BCUT2D eigenvalue weighted by Gasteiger charge is 2.34. The van der Waals surface area contributed by atoms with Gasteiger partial charge in [-0.2, -0.15) is 0 Å². The lowest BCUT2D eigenvalue weighted by molar-refractivity contribution is 0.103. The van der Waals surface area contributed by atoms with E-state index in [2.05, 4.69) is 26.7 Å². The average molecular weight is 207 g/mol. The Bertz CT molecular complexity index is 231. The Kier molecular flexibility index (Phi) is 4.22. The van der Waals surface area contributed by atoms with E-state index in [0.29, 0.717) is 17.3 Å². The van der Waals surface area contributed by atoms with Crippen LogP contribution in [0.25, 0.3) is 0 Å². The smallest absolute Gasteiger partial charge is 0.0118 e. The third-order valence-corrected chi connectivity index (χ3v) is 4.05. The lowest BCUT2D eigenvalue weighted by atomic mass is 9.65. The maximum absolute atomic E-state index is 5.81. The summed E-state index contributed by atoms with van der Waals surface area (Å²) >= 11 is 0. The highest BCUT2D eigenvalue weighted by molar-refractivity contribution is 4.93. The Morgan fingerprint density at radius 3 is 2.40 bits per heavy atom. The second kappa shape index (κ2) is 5.03.